The molecule has 1 aromatic heterocycles. The van der Waals surface area contributed by atoms with Crippen molar-refractivity contribution in [3.8, 4) is 17.2 Å². The number of thiazole rings is 1. The molecule has 234 valence electrons. The largest absolute Gasteiger partial charge is 0.493 e. The van der Waals surface area contributed by atoms with Gasteiger partial charge in [0.25, 0.3) is 5.56 Å². The lowest BCUT2D eigenvalue weighted by molar-refractivity contribution is -0.139. The van der Waals surface area contributed by atoms with Crippen LogP contribution in [0.4, 0.5) is 0 Å². The molecule has 0 aliphatic carbocycles. The number of ether oxygens (including phenoxy) is 4. The van der Waals surface area contributed by atoms with Gasteiger partial charge in [-0.15, -0.1) is 0 Å². The van der Waals surface area contributed by atoms with E-state index < -0.39 is 12.0 Å². The number of halogens is 4. The molecule has 0 saturated carbocycles. The number of hydrogen-bond acceptors (Lipinski definition) is 8. The van der Waals surface area contributed by atoms with Crippen molar-refractivity contribution in [1.29, 1.82) is 0 Å². The van der Waals surface area contributed by atoms with Gasteiger partial charge in [0.2, 0.25) is 0 Å². The van der Waals surface area contributed by atoms with E-state index in [1.807, 2.05) is 36.4 Å². The first kappa shape index (κ1) is 33.7. The Labute approximate surface area is 298 Å². The topological polar surface area (TPSA) is 88.4 Å². The average molecular weight is 889 g/mol. The standard InChI is InChI=1S/C32H26Br2ClIN2O6S/c1-5-43-31(40)27-16(2)37-32-38(28(27)21-13-24(41-3)25(42-4)14-22(21)34)30(39)26(45-32)11-18-10-19(33)12-23(36)29(18)44-15-17-7-6-8-20(35)9-17/h6-14,28H,5,15H2,1-4H3/b26-11-/t28-/m0/s1. The summed E-state index contributed by atoms with van der Waals surface area (Å²) in [5.74, 6) is 1.000. The van der Waals surface area contributed by atoms with Gasteiger partial charge in [0.1, 0.15) is 12.4 Å². The molecule has 0 spiro atoms. The van der Waals surface area contributed by atoms with Crippen LogP contribution in [0.1, 0.15) is 36.6 Å². The van der Waals surface area contributed by atoms with Crippen molar-refractivity contribution >= 4 is 89.4 Å². The summed E-state index contributed by atoms with van der Waals surface area (Å²) in [6.07, 6.45) is 1.79. The van der Waals surface area contributed by atoms with E-state index in [1.165, 1.54) is 30.1 Å². The maximum Gasteiger partial charge on any atom is 0.338 e. The Morgan fingerprint density at radius 3 is 2.56 bits per heavy atom. The number of nitrogens with zero attached hydrogens (tertiary/aromatic N) is 2. The van der Waals surface area contributed by atoms with Gasteiger partial charge < -0.3 is 18.9 Å². The highest BCUT2D eigenvalue weighted by molar-refractivity contribution is 14.1. The number of aromatic nitrogens is 1. The maximum atomic E-state index is 14.3. The molecule has 5 rings (SSSR count). The molecule has 1 aliphatic rings. The minimum Gasteiger partial charge on any atom is -0.493 e. The number of benzene rings is 3. The highest BCUT2D eigenvalue weighted by Gasteiger charge is 2.35. The van der Waals surface area contributed by atoms with Gasteiger partial charge >= 0.3 is 5.97 Å². The van der Waals surface area contributed by atoms with Crippen molar-refractivity contribution in [1.82, 2.24) is 4.57 Å². The predicted octanol–water partition coefficient (Wildman–Crippen LogP) is 7.18. The molecule has 0 fully saturated rings. The lowest BCUT2D eigenvalue weighted by Gasteiger charge is -2.26. The van der Waals surface area contributed by atoms with Gasteiger partial charge in [0.05, 0.1) is 46.2 Å². The second-order valence-electron chi connectivity index (χ2n) is 9.76. The number of fused-ring (bicyclic) bond motifs is 1. The van der Waals surface area contributed by atoms with Crippen LogP contribution in [0, 0.1) is 3.57 Å². The lowest BCUT2D eigenvalue weighted by atomic mass is 9.95. The van der Waals surface area contributed by atoms with Crippen molar-refractivity contribution in [3.63, 3.8) is 0 Å². The van der Waals surface area contributed by atoms with Crippen LogP contribution in [-0.4, -0.2) is 31.4 Å². The van der Waals surface area contributed by atoms with Crippen molar-refractivity contribution in [2.75, 3.05) is 20.8 Å². The van der Waals surface area contributed by atoms with E-state index >= 15 is 0 Å². The van der Waals surface area contributed by atoms with E-state index in [0.29, 0.717) is 52.9 Å². The van der Waals surface area contributed by atoms with Gasteiger partial charge in [-0.2, -0.15) is 0 Å². The Morgan fingerprint density at radius 1 is 1.13 bits per heavy atom. The number of allylic oxidation sites excluding steroid dienone is 1. The van der Waals surface area contributed by atoms with E-state index in [4.69, 9.17) is 35.5 Å². The van der Waals surface area contributed by atoms with E-state index in [-0.39, 0.29) is 24.3 Å². The van der Waals surface area contributed by atoms with Crippen LogP contribution in [0.25, 0.3) is 6.08 Å². The van der Waals surface area contributed by atoms with E-state index in [2.05, 4.69) is 54.5 Å². The van der Waals surface area contributed by atoms with Gasteiger partial charge in [0.15, 0.2) is 16.3 Å². The molecule has 0 saturated heterocycles. The third-order valence-electron chi connectivity index (χ3n) is 6.91. The van der Waals surface area contributed by atoms with Gasteiger partial charge in [-0.25, -0.2) is 9.79 Å². The summed E-state index contributed by atoms with van der Waals surface area (Å²) in [7, 11) is 3.07. The summed E-state index contributed by atoms with van der Waals surface area (Å²) in [6.45, 7) is 3.92. The molecule has 13 heteroatoms. The monoisotopic (exact) mass is 886 g/mol. The van der Waals surface area contributed by atoms with Crippen molar-refractivity contribution in [3.05, 3.63) is 114 Å². The fraction of sp³-hybridized carbons (Fsp3) is 0.219. The Balaban J connectivity index is 1.70. The van der Waals surface area contributed by atoms with E-state index in [1.54, 1.807) is 32.1 Å². The maximum absolute atomic E-state index is 14.3. The minimum absolute atomic E-state index is 0.166. The van der Waals surface area contributed by atoms with Crippen molar-refractivity contribution < 1.29 is 23.7 Å². The molecule has 0 amide bonds. The van der Waals surface area contributed by atoms with Gasteiger partial charge in [-0.3, -0.25) is 9.36 Å². The first-order valence-electron chi connectivity index (χ1n) is 13.5. The smallest absolute Gasteiger partial charge is 0.338 e. The number of carbonyl (C=O) groups is 1. The van der Waals surface area contributed by atoms with Crippen molar-refractivity contribution in [2.45, 2.75) is 26.5 Å². The van der Waals surface area contributed by atoms with Crippen LogP contribution >= 0.6 is 77.4 Å². The van der Waals surface area contributed by atoms with Crippen LogP contribution in [0.3, 0.4) is 0 Å². The number of hydrogen-bond donors (Lipinski definition) is 0. The molecule has 0 N–H and O–H groups in total. The van der Waals surface area contributed by atoms with Crippen LogP contribution in [0.2, 0.25) is 5.02 Å². The average Bonchev–Trinajstić information content (AvgIpc) is 3.29. The van der Waals surface area contributed by atoms with Gasteiger partial charge in [0, 0.05) is 19.5 Å². The molecule has 1 atom stereocenters. The third-order valence-corrected chi connectivity index (χ3v) is 10.1. The van der Waals surface area contributed by atoms with E-state index in [0.717, 1.165) is 13.6 Å². The summed E-state index contributed by atoms with van der Waals surface area (Å²) in [4.78, 5) is 32.8. The first-order chi connectivity index (χ1) is 21.6. The lowest BCUT2D eigenvalue weighted by Crippen LogP contribution is -2.40. The fourth-order valence-electron chi connectivity index (χ4n) is 4.93. The molecule has 2 heterocycles. The fourth-order valence-corrected chi connectivity index (χ4v) is 8.42. The summed E-state index contributed by atoms with van der Waals surface area (Å²) < 4.78 is 27.0. The Kier molecular flexibility index (Phi) is 10.8. The quantitative estimate of drug-likeness (QED) is 0.131. The Hall–Kier alpha value is -2.65. The minimum atomic E-state index is -0.849. The van der Waals surface area contributed by atoms with E-state index in [9.17, 15) is 9.59 Å². The van der Waals surface area contributed by atoms with Crippen LogP contribution in [-0.2, 0) is 16.1 Å². The first-order valence-corrected chi connectivity index (χ1v) is 17.4. The summed E-state index contributed by atoms with van der Waals surface area (Å²) in [6, 6.07) is 13.9. The number of rotatable bonds is 9. The van der Waals surface area contributed by atoms with Crippen molar-refractivity contribution in [2.24, 2.45) is 4.99 Å². The normalized spacial score (nSPS) is 14.6. The molecule has 3 aromatic carbocycles. The molecule has 0 radical (unpaired) electrons. The SMILES string of the molecule is CCOC(=O)C1=C(C)N=c2s/c(=C\c3cc(Br)cc(I)c3OCc3cccc(Cl)c3)c(=O)n2[C@H]1c1cc(OC)c(OC)cc1Br. The highest BCUT2D eigenvalue weighted by Crippen LogP contribution is 2.41. The predicted molar refractivity (Wildman–Crippen MR) is 190 cm³/mol. The Bertz CT molecular complexity index is 2030. The van der Waals surface area contributed by atoms with Gasteiger partial charge in [-0.1, -0.05) is 66.9 Å². The Morgan fingerprint density at radius 2 is 1.87 bits per heavy atom. The van der Waals surface area contributed by atoms with Crippen LogP contribution in [0.5, 0.6) is 17.2 Å². The summed E-state index contributed by atoms with van der Waals surface area (Å²) in [5.41, 5.74) is 2.61. The molecule has 1 aliphatic heterocycles. The van der Waals surface area contributed by atoms with Crippen LogP contribution < -0.4 is 29.1 Å². The zero-order valence-electron chi connectivity index (χ0n) is 24.5. The summed E-state index contributed by atoms with van der Waals surface area (Å²) in [5, 5.41) is 0.621. The van der Waals surface area contributed by atoms with Crippen LogP contribution in [0.15, 0.2) is 78.5 Å². The summed E-state index contributed by atoms with van der Waals surface area (Å²) >= 11 is 16.8. The molecule has 0 unspecified atom stereocenters. The number of esters is 1. The molecule has 45 heavy (non-hydrogen) atoms. The zero-order valence-corrected chi connectivity index (χ0v) is 31.4. The third kappa shape index (κ3) is 7.04. The number of methoxy groups -OCH3 is 2. The second-order valence-corrected chi connectivity index (χ2v) is 14.1. The molecule has 4 aromatic rings. The molecule has 0 bridgehead atoms. The molecule has 8 nitrogen and oxygen atoms in total. The molecular weight excluding hydrogens is 863 g/mol. The van der Waals surface area contributed by atoms with Gasteiger partial charge in [-0.05, 0) is 90.0 Å². The molecular formula is C32H26Br2ClIN2O6S. The second kappa shape index (κ2) is 14.4. The number of carbonyl (C=O) groups excluding carboxylic acids is 1. The zero-order chi connectivity index (χ0) is 32.4. The highest BCUT2D eigenvalue weighted by atomic mass is 127.